The number of hydrogen-bond acceptors (Lipinski definition) is 2. The van der Waals surface area contributed by atoms with E-state index in [1.807, 2.05) is 12.1 Å². The van der Waals surface area contributed by atoms with Crippen LogP contribution in [-0.2, 0) is 17.7 Å². The Bertz CT molecular complexity index is 815. The summed E-state index contributed by atoms with van der Waals surface area (Å²) in [4.78, 5) is 4.81. The van der Waals surface area contributed by atoms with Gasteiger partial charge in [-0.25, -0.2) is 4.39 Å². The number of ether oxygens (including phenoxy) is 1. The van der Waals surface area contributed by atoms with Crippen LogP contribution in [0.2, 0.25) is 0 Å². The van der Waals surface area contributed by atoms with Crippen molar-refractivity contribution in [2.24, 2.45) is 10.4 Å². The molecule has 1 N–H and O–H groups in total. The molecule has 2 aliphatic rings. The van der Waals surface area contributed by atoms with Gasteiger partial charge >= 0.3 is 0 Å². The number of halogens is 2. The third-order valence-electron chi connectivity index (χ3n) is 5.17. The molecule has 25 heavy (non-hydrogen) atoms. The Labute approximate surface area is 155 Å². The first-order valence-corrected chi connectivity index (χ1v) is 9.37. The second-order valence-electron chi connectivity index (χ2n) is 6.75. The normalized spacial score (nSPS) is 20.3. The van der Waals surface area contributed by atoms with Crippen LogP contribution in [0.1, 0.15) is 24.0 Å². The van der Waals surface area contributed by atoms with Gasteiger partial charge in [-0.15, -0.1) is 0 Å². The van der Waals surface area contributed by atoms with Gasteiger partial charge in [0, 0.05) is 34.4 Å². The van der Waals surface area contributed by atoms with Crippen LogP contribution in [0, 0.1) is 11.2 Å². The third kappa shape index (κ3) is 3.35. The molecule has 0 aliphatic carbocycles. The van der Waals surface area contributed by atoms with Gasteiger partial charge in [0.05, 0.1) is 6.54 Å². The van der Waals surface area contributed by atoms with Gasteiger partial charge in [0.15, 0.2) is 0 Å². The molecule has 5 heteroatoms. The van der Waals surface area contributed by atoms with E-state index in [9.17, 15) is 4.39 Å². The maximum Gasteiger partial charge on any atom is 0.129 e. The van der Waals surface area contributed by atoms with E-state index >= 15 is 0 Å². The van der Waals surface area contributed by atoms with Gasteiger partial charge in [0.25, 0.3) is 0 Å². The Morgan fingerprint density at radius 2 is 1.96 bits per heavy atom. The van der Waals surface area contributed by atoms with Gasteiger partial charge in [-0.3, -0.25) is 4.99 Å². The molecular formula is C20H20BrFN2O. The summed E-state index contributed by atoms with van der Waals surface area (Å²) in [5, 5.41) is 3.52. The predicted molar refractivity (Wildman–Crippen MR) is 101 cm³/mol. The molecule has 3 nitrogen and oxygen atoms in total. The van der Waals surface area contributed by atoms with Gasteiger partial charge in [0.1, 0.15) is 11.7 Å². The number of aliphatic imine (C=N–C) groups is 1. The van der Waals surface area contributed by atoms with Crippen molar-refractivity contribution in [1.29, 1.82) is 0 Å². The monoisotopic (exact) mass is 402 g/mol. The van der Waals surface area contributed by atoms with E-state index in [4.69, 9.17) is 9.73 Å². The van der Waals surface area contributed by atoms with E-state index in [0.29, 0.717) is 12.1 Å². The number of benzene rings is 2. The molecule has 0 bridgehead atoms. The van der Waals surface area contributed by atoms with E-state index in [1.54, 1.807) is 6.07 Å². The lowest BCUT2D eigenvalue weighted by molar-refractivity contribution is 0.0448. The fourth-order valence-electron chi connectivity index (χ4n) is 3.70. The summed E-state index contributed by atoms with van der Waals surface area (Å²) in [7, 11) is 0. The first-order chi connectivity index (χ1) is 12.2. The molecule has 1 fully saturated rings. The lowest BCUT2D eigenvalue weighted by atomic mass is 9.71. The lowest BCUT2D eigenvalue weighted by Crippen LogP contribution is -2.45. The molecule has 2 aromatic carbocycles. The van der Waals surface area contributed by atoms with Crippen molar-refractivity contribution in [3.63, 3.8) is 0 Å². The van der Waals surface area contributed by atoms with Crippen LogP contribution < -0.4 is 5.32 Å². The van der Waals surface area contributed by atoms with Gasteiger partial charge in [-0.2, -0.15) is 0 Å². The van der Waals surface area contributed by atoms with Crippen molar-refractivity contribution < 1.29 is 9.13 Å². The van der Waals surface area contributed by atoms with Crippen LogP contribution in [0.15, 0.2) is 51.9 Å². The summed E-state index contributed by atoms with van der Waals surface area (Å²) in [6.07, 6.45) is 2.84. The average Bonchev–Trinajstić information content (AvgIpc) is 2.62. The summed E-state index contributed by atoms with van der Waals surface area (Å²) >= 11 is 3.30. The largest absolute Gasteiger partial charge is 0.381 e. The van der Waals surface area contributed by atoms with Crippen LogP contribution in [0.25, 0.3) is 0 Å². The summed E-state index contributed by atoms with van der Waals surface area (Å²) < 4.78 is 20.5. The number of hydrogen-bond donors (Lipinski definition) is 1. The predicted octanol–water partition coefficient (Wildman–Crippen LogP) is 4.95. The Hall–Kier alpha value is -1.72. The molecule has 1 saturated heterocycles. The Kier molecular flexibility index (Phi) is 4.61. The van der Waals surface area contributed by atoms with Crippen molar-refractivity contribution in [2.75, 3.05) is 18.5 Å². The summed E-state index contributed by atoms with van der Waals surface area (Å²) in [5.74, 6) is 0.743. The number of para-hydroxylation sites is 1. The van der Waals surface area contributed by atoms with Crippen LogP contribution in [0.4, 0.5) is 10.1 Å². The minimum Gasteiger partial charge on any atom is -0.381 e. The molecule has 130 valence electrons. The molecule has 0 atom stereocenters. The summed E-state index contributed by atoms with van der Waals surface area (Å²) in [5.41, 5.74) is 3.00. The highest BCUT2D eigenvalue weighted by molar-refractivity contribution is 9.10. The van der Waals surface area contributed by atoms with Crippen LogP contribution in [-0.4, -0.2) is 19.0 Å². The molecule has 0 unspecified atom stereocenters. The highest BCUT2D eigenvalue weighted by Crippen LogP contribution is 2.41. The quantitative estimate of drug-likeness (QED) is 0.770. The highest BCUT2D eigenvalue weighted by Gasteiger charge is 2.41. The fraction of sp³-hybridized carbons (Fsp3) is 0.350. The summed E-state index contributed by atoms with van der Waals surface area (Å²) in [6.45, 7) is 1.83. The molecule has 2 heterocycles. The molecule has 4 rings (SSSR count). The van der Waals surface area contributed by atoms with Crippen LogP contribution in [0.5, 0.6) is 0 Å². The zero-order chi connectivity index (χ0) is 17.3. The zero-order valence-corrected chi connectivity index (χ0v) is 15.5. The van der Waals surface area contributed by atoms with Crippen molar-refractivity contribution >= 4 is 27.5 Å². The molecule has 0 radical (unpaired) electrons. The van der Waals surface area contributed by atoms with E-state index in [1.165, 1.54) is 11.6 Å². The van der Waals surface area contributed by atoms with Gasteiger partial charge in [-0.05, 0) is 43.0 Å². The van der Waals surface area contributed by atoms with Gasteiger partial charge in [0.2, 0.25) is 0 Å². The Morgan fingerprint density at radius 3 is 2.76 bits per heavy atom. The van der Waals surface area contributed by atoms with Gasteiger partial charge < -0.3 is 10.1 Å². The minimum atomic E-state index is -0.226. The molecule has 2 aliphatic heterocycles. The lowest BCUT2D eigenvalue weighted by Gasteiger charge is -2.42. The first-order valence-electron chi connectivity index (χ1n) is 8.58. The summed E-state index contributed by atoms with van der Waals surface area (Å²) in [6, 6.07) is 13.5. The maximum atomic E-state index is 14.1. The van der Waals surface area contributed by atoms with Crippen molar-refractivity contribution in [1.82, 2.24) is 0 Å². The minimum absolute atomic E-state index is 0.0293. The highest BCUT2D eigenvalue weighted by atomic mass is 79.9. The average molecular weight is 403 g/mol. The number of amidine groups is 1. The van der Waals surface area contributed by atoms with Crippen molar-refractivity contribution in [3.05, 3.63) is 63.9 Å². The smallest absolute Gasteiger partial charge is 0.129 e. The van der Waals surface area contributed by atoms with Gasteiger partial charge in [-0.1, -0.05) is 40.2 Å². The van der Waals surface area contributed by atoms with E-state index in [2.05, 4.69) is 39.4 Å². The molecule has 1 spiro atoms. The number of anilines is 1. The number of nitrogens with one attached hydrogen (secondary N) is 1. The number of fused-ring (bicyclic) bond motifs is 1. The van der Waals surface area contributed by atoms with Crippen molar-refractivity contribution in [2.45, 2.75) is 25.8 Å². The van der Waals surface area contributed by atoms with Crippen LogP contribution in [0.3, 0.4) is 0 Å². The SMILES string of the molecule is Fc1cc(Br)ccc1CN=C1Nc2ccccc2CC12CCOCC2. The Balaban J connectivity index is 1.67. The Morgan fingerprint density at radius 1 is 1.16 bits per heavy atom. The first kappa shape index (κ1) is 16.7. The molecule has 0 aromatic heterocycles. The van der Waals surface area contributed by atoms with E-state index in [0.717, 1.165) is 48.5 Å². The zero-order valence-electron chi connectivity index (χ0n) is 13.9. The van der Waals surface area contributed by atoms with Crippen molar-refractivity contribution in [3.8, 4) is 0 Å². The fourth-order valence-corrected chi connectivity index (χ4v) is 4.04. The second-order valence-corrected chi connectivity index (χ2v) is 7.67. The standard InChI is InChI=1S/C20H20BrFN2O/c21-16-6-5-15(17(22)11-16)13-23-19-20(7-9-25-10-8-20)12-14-3-1-2-4-18(14)24-19/h1-6,11H,7-10,12-13H2,(H,23,24). The molecule has 0 amide bonds. The molecule has 0 saturated carbocycles. The molecule has 2 aromatic rings. The second kappa shape index (κ2) is 6.89. The van der Waals surface area contributed by atoms with E-state index in [-0.39, 0.29) is 11.2 Å². The topological polar surface area (TPSA) is 33.6 Å². The maximum absolute atomic E-state index is 14.1. The van der Waals surface area contributed by atoms with Crippen LogP contribution >= 0.6 is 15.9 Å². The third-order valence-corrected chi connectivity index (χ3v) is 5.67. The number of nitrogens with zero attached hydrogens (tertiary/aromatic N) is 1. The van der Waals surface area contributed by atoms with E-state index < -0.39 is 0 Å². The number of rotatable bonds is 2. The molecular weight excluding hydrogens is 383 g/mol.